The number of rotatable bonds is 7. The van der Waals surface area contributed by atoms with Crippen molar-refractivity contribution in [1.82, 2.24) is 4.31 Å². The fourth-order valence-corrected chi connectivity index (χ4v) is 2.49. The first-order valence-corrected chi connectivity index (χ1v) is 8.11. The summed E-state index contributed by atoms with van der Waals surface area (Å²) in [6.45, 7) is 5.76. The summed E-state index contributed by atoms with van der Waals surface area (Å²) in [5.41, 5.74) is 1.71. The van der Waals surface area contributed by atoms with Crippen LogP contribution in [-0.4, -0.2) is 38.0 Å². The van der Waals surface area contributed by atoms with Gasteiger partial charge in [0.25, 0.3) is 0 Å². The standard InChI is InChI=1S/C14H20N2O3S/c1-4-10-16(20(3,18)19)11-9-14(17)15-13-8-6-5-7-12(13)2/h4-8H,1,9-11H2,2-3H3,(H,15,17). The molecule has 1 rings (SSSR count). The van der Waals surface area contributed by atoms with Crippen molar-refractivity contribution >= 4 is 21.6 Å². The first kappa shape index (κ1) is 16.4. The van der Waals surface area contributed by atoms with Crippen LogP contribution in [0.3, 0.4) is 0 Å². The predicted octanol–water partition coefficient (Wildman–Crippen LogP) is 1.77. The molecule has 1 amide bonds. The lowest BCUT2D eigenvalue weighted by Gasteiger charge is -2.17. The molecule has 0 aliphatic carbocycles. The number of hydrogen-bond acceptors (Lipinski definition) is 3. The van der Waals surface area contributed by atoms with Gasteiger partial charge in [-0.1, -0.05) is 24.3 Å². The zero-order valence-electron chi connectivity index (χ0n) is 11.8. The number of sulfonamides is 1. The van der Waals surface area contributed by atoms with Crippen molar-refractivity contribution in [2.24, 2.45) is 0 Å². The van der Waals surface area contributed by atoms with Gasteiger partial charge < -0.3 is 5.32 Å². The van der Waals surface area contributed by atoms with E-state index in [0.717, 1.165) is 17.5 Å². The maximum atomic E-state index is 11.8. The van der Waals surface area contributed by atoms with Crippen LogP contribution in [0.25, 0.3) is 0 Å². The van der Waals surface area contributed by atoms with Gasteiger partial charge in [0.05, 0.1) is 6.26 Å². The number of nitrogens with zero attached hydrogens (tertiary/aromatic N) is 1. The van der Waals surface area contributed by atoms with Gasteiger partial charge in [0.1, 0.15) is 0 Å². The van der Waals surface area contributed by atoms with Crippen LogP contribution >= 0.6 is 0 Å². The molecular weight excluding hydrogens is 276 g/mol. The number of benzene rings is 1. The summed E-state index contributed by atoms with van der Waals surface area (Å²) in [6.07, 6.45) is 2.73. The second kappa shape index (κ2) is 7.21. The van der Waals surface area contributed by atoms with Gasteiger partial charge in [-0.15, -0.1) is 6.58 Å². The van der Waals surface area contributed by atoms with Gasteiger partial charge in [0.2, 0.25) is 15.9 Å². The van der Waals surface area contributed by atoms with Crippen molar-refractivity contribution in [3.63, 3.8) is 0 Å². The smallest absolute Gasteiger partial charge is 0.225 e. The Morgan fingerprint density at radius 3 is 2.60 bits per heavy atom. The van der Waals surface area contributed by atoms with Gasteiger partial charge in [-0.05, 0) is 18.6 Å². The molecule has 0 fully saturated rings. The van der Waals surface area contributed by atoms with Crippen molar-refractivity contribution in [3.8, 4) is 0 Å². The highest BCUT2D eigenvalue weighted by Crippen LogP contribution is 2.13. The minimum Gasteiger partial charge on any atom is -0.326 e. The normalized spacial score (nSPS) is 11.3. The van der Waals surface area contributed by atoms with Crippen LogP contribution in [0.5, 0.6) is 0 Å². The minimum absolute atomic E-state index is 0.106. The molecule has 110 valence electrons. The molecule has 1 aromatic rings. The third-order valence-corrected chi connectivity index (χ3v) is 4.08. The minimum atomic E-state index is -3.32. The highest BCUT2D eigenvalue weighted by molar-refractivity contribution is 7.88. The lowest BCUT2D eigenvalue weighted by Crippen LogP contribution is -2.33. The monoisotopic (exact) mass is 296 g/mol. The topological polar surface area (TPSA) is 66.5 Å². The molecule has 0 saturated heterocycles. The molecule has 0 spiro atoms. The Balaban J connectivity index is 2.59. The second-order valence-corrected chi connectivity index (χ2v) is 6.51. The average Bonchev–Trinajstić information content (AvgIpc) is 2.36. The van der Waals surface area contributed by atoms with Crippen LogP contribution in [0.15, 0.2) is 36.9 Å². The van der Waals surface area contributed by atoms with Crippen LogP contribution in [-0.2, 0) is 14.8 Å². The van der Waals surface area contributed by atoms with E-state index in [2.05, 4.69) is 11.9 Å². The Morgan fingerprint density at radius 2 is 2.05 bits per heavy atom. The highest BCUT2D eigenvalue weighted by atomic mass is 32.2. The molecule has 0 unspecified atom stereocenters. The molecule has 1 N–H and O–H groups in total. The van der Waals surface area contributed by atoms with Gasteiger partial charge in [-0.25, -0.2) is 8.42 Å². The van der Waals surface area contributed by atoms with Crippen LogP contribution in [0.1, 0.15) is 12.0 Å². The predicted molar refractivity (Wildman–Crippen MR) is 81.0 cm³/mol. The van der Waals surface area contributed by atoms with Crippen LogP contribution < -0.4 is 5.32 Å². The van der Waals surface area contributed by atoms with E-state index in [9.17, 15) is 13.2 Å². The quantitative estimate of drug-likeness (QED) is 0.780. The summed E-state index contributed by atoms with van der Waals surface area (Å²) in [5.74, 6) is -0.211. The molecule has 0 aliphatic heterocycles. The van der Waals surface area contributed by atoms with Crippen LogP contribution in [0.4, 0.5) is 5.69 Å². The Bertz CT molecular complexity index is 582. The van der Waals surface area contributed by atoms with Crippen molar-refractivity contribution < 1.29 is 13.2 Å². The fourth-order valence-electron chi connectivity index (χ4n) is 1.69. The summed E-state index contributed by atoms with van der Waals surface area (Å²) in [5, 5.41) is 2.77. The van der Waals surface area contributed by atoms with Crippen molar-refractivity contribution in [3.05, 3.63) is 42.5 Å². The molecule has 20 heavy (non-hydrogen) atoms. The molecule has 0 heterocycles. The lowest BCUT2D eigenvalue weighted by atomic mass is 10.2. The van der Waals surface area contributed by atoms with Gasteiger partial charge in [-0.3, -0.25) is 4.79 Å². The molecule has 0 saturated carbocycles. The molecule has 0 bridgehead atoms. The maximum Gasteiger partial charge on any atom is 0.225 e. The van der Waals surface area contributed by atoms with Gasteiger partial charge in [-0.2, -0.15) is 4.31 Å². The van der Waals surface area contributed by atoms with Gasteiger partial charge in [0.15, 0.2) is 0 Å². The van der Waals surface area contributed by atoms with E-state index in [1.54, 1.807) is 0 Å². The van der Waals surface area contributed by atoms with E-state index >= 15 is 0 Å². The molecule has 1 aromatic carbocycles. The Hall–Kier alpha value is -1.66. The average molecular weight is 296 g/mol. The van der Waals surface area contributed by atoms with Crippen molar-refractivity contribution in [1.29, 1.82) is 0 Å². The number of aryl methyl sites for hydroxylation is 1. The van der Waals surface area contributed by atoms with Gasteiger partial charge in [0, 0.05) is 25.2 Å². The third kappa shape index (κ3) is 5.14. The summed E-state index contributed by atoms with van der Waals surface area (Å²) < 4.78 is 24.2. The SMILES string of the molecule is C=CCN(CCC(=O)Nc1ccccc1C)S(C)(=O)=O. The third-order valence-electron chi connectivity index (χ3n) is 2.81. The van der Waals surface area contributed by atoms with E-state index in [0.29, 0.717) is 0 Å². The number of hydrogen-bond donors (Lipinski definition) is 1. The first-order valence-electron chi connectivity index (χ1n) is 6.26. The summed E-state index contributed by atoms with van der Waals surface area (Å²) in [7, 11) is -3.32. The maximum absolute atomic E-state index is 11.8. The summed E-state index contributed by atoms with van der Waals surface area (Å²) in [4.78, 5) is 11.8. The number of para-hydroxylation sites is 1. The molecule has 6 heteroatoms. The largest absolute Gasteiger partial charge is 0.326 e. The number of amides is 1. The van der Waals surface area contributed by atoms with E-state index in [-0.39, 0.29) is 25.4 Å². The summed E-state index contributed by atoms with van der Waals surface area (Å²) in [6, 6.07) is 7.44. The molecule has 0 aromatic heterocycles. The highest BCUT2D eigenvalue weighted by Gasteiger charge is 2.16. The van der Waals surface area contributed by atoms with E-state index in [1.807, 2.05) is 31.2 Å². The summed E-state index contributed by atoms with van der Waals surface area (Å²) >= 11 is 0. The fraction of sp³-hybridized carbons (Fsp3) is 0.357. The molecule has 0 aliphatic rings. The Kier molecular flexibility index (Phi) is 5.91. The molecule has 0 radical (unpaired) electrons. The zero-order valence-corrected chi connectivity index (χ0v) is 12.6. The van der Waals surface area contributed by atoms with Gasteiger partial charge >= 0.3 is 0 Å². The van der Waals surface area contributed by atoms with Crippen molar-refractivity contribution in [2.45, 2.75) is 13.3 Å². The first-order chi connectivity index (χ1) is 9.34. The molecular formula is C14H20N2O3S. The number of carbonyl (C=O) groups excluding carboxylic acids is 1. The number of carbonyl (C=O) groups is 1. The second-order valence-electron chi connectivity index (χ2n) is 4.52. The van der Waals surface area contributed by atoms with Crippen molar-refractivity contribution in [2.75, 3.05) is 24.7 Å². The van der Waals surface area contributed by atoms with Crippen LogP contribution in [0.2, 0.25) is 0 Å². The lowest BCUT2D eigenvalue weighted by molar-refractivity contribution is -0.116. The molecule has 5 nitrogen and oxygen atoms in total. The number of nitrogens with one attached hydrogen (secondary N) is 1. The zero-order chi connectivity index (χ0) is 15.2. The van der Waals surface area contributed by atoms with E-state index in [4.69, 9.17) is 0 Å². The van der Waals surface area contributed by atoms with E-state index in [1.165, 1.54) is 10.4 Å². The van der Waals surface area contributed by atoms with E-state index < -0.39 is 10.0 Å². The molecule has 0 atom stereocenters. The Morgan fingerprint density at radius 1 is 1.40 bits per heavy atom. The Labute approximate surface area is 120 Å². The van der Waals surface area contributed by atoms with Crippen LogP contribution in [0, 0.1) is 6.92 Å². The number of anilines is 1.